The third kappa shape index (κ3) is 10.5. The van der Waals surface area contributed by atoms with E-state index in [1.807, 2.05) is 0 Å². The Balaban J connectivity index is 1.70. The number of rotatable bonds is 18. The molecule has 2 aromatic carbocycles. The number of hydrogen-bond donors (Lipinski definition) is 1. The molecule has 0 spiro atoms. The smallest absolute Gasteiger partial charge is 0.360 e. The van der Waals surface area contributed by atoms with Crippen LogP contribution < -0.4 is 15.5 Å². The van der Waals surface area contributed by atoms with Gasteiger partial charge in [-0.3, -0.25) is 4.57 Å². The number of allylic oxidation sites excluding steroid dienone is 1. The van der Waals surface area contributed by atoms with Crippen molar-refractivity contribution in [3.63, 3.8) is 0 Å². The maximum absolute atomic E-state index is 12.6. The summed E-state index contributed by atoms with van der Waals surface area (Å²) in [5, 5.41) is 5.32. The molecule has 4 nitrogen and oxygen atoms in total. The highest BCUT2D eigenvalue weighted by Gasteiger charge is 2.52. The highest BCUT2D eigenvalue weighted by molar-refractivity contribution is 7.83. The number of halogens is 1. The minimum absolute atomic E-state index is 0.165. The van der Waals surface area contributed by atoms with Gasteiger partial charge in [-0.05, 0) is 39.5 Å². The third-order valence-corrected chi connectivity index (χ3v) is 14.9. The van der Waals surface area contributed by atoms with Crippen molar-refractivity contribution in [3.05, 3.63) is 72.8 Å². The van der Waals surface area contributed by atoms with Crippen molar-refractivity contribution in [1.82, 2.24) is 5.09 Å². The van der Waals surface area contributed by atoms with Crippen LogP contribution in [0.5, 0.6) is 0 Å². The molecule has 0 aliphatic carbocycles. The predicted octanol–water partition coefficient (Wildman–Crippen LogP) is 9.52. The lowest BCUT2D eigenvalue weighted by atomic mass is 10.0. The van der Waals surface area contributed by atoms with Crippen molar-refractivity contribution in [3.8, 4) is 0 Å². The van der Waals surface area contributed by atoms with E-state index in [0.717, 1.165) is 6.42 Å². The maximum atomic E-state index is 12.6. The summed E-state index contributed by atoms with van der Waals surface area (Å²) in [6.45, 7) is 6.00. The van der Waals surface area contributed by atoms with Gasteiger partial charge in [0.25, 0.3) is 8.32 Å². The molecule has 0 aromatic heterocycles. The van der Waals surface area contributed by atoms with E-state index in [4.69, 9.17) is 20.2 Å². The van der Waals surface area contributed by atoms with Crippen LogP contribution in [0.2, 0.25) is 5.04 Å². The van der Waals surface area contributed by atoms with Crippen LogP contribution >= 0.6 is 18.1 Å². The number of benzene rings is 2. The molecule has 3 atom stereocenters. The van der Waals surface area contributed by atoms with Crippen LogP contribution in [0.1, 0.15) is 105 Å². The maximum Gasteiger partial charge on any atom is 0.360 e. The van der Waals surface area contributed by atoms with Crippen molar-refractivity contribution in [2.45, 2.75) is 122 Å². The van der Waals surface area contributed by atoms with Gasteiger partial charge in [0.05, 0.1) is 18.8 Å². The molecule has 7 heteroatoms. The molecular weight excluding hydrogens is 565 g/mol. The molecular formula is C34H53ClNO3PSi. The molecule has 0 amide bonds. The Hall–Kier alpha value is -1.20. The van der Waals surface area contributed by atoms with Gasteiger partial charge in [0, 0.05) is 0 Å². The van der Waals surface area contributed by atoms with E-state index in [9.17, 15) is 4.57 Å². The normalized spacial score (nSPS) is 20.6. The first kappa shape index (κ1) is 34.3. The fraction of sp³-hybridized carbons (Fsp3) is 0.588. The fourth-order valence-electron chi connectivity index (χ4n) is 5.92. The van der Waals surface area contributed by atoms with E-state index in [-0.39, 0.29) is 23.8 Å². The van der Waals surface area contributed by atoms with Crippen LogP contribution in [0.4, 0.5) is 0 Å². The number of unbranched alkanes of at least 4 members (excludes halogenated alkanes) is 11. The average Bonchev–Trinajstić information content (AvgIpc) is 3.32. The van der Waals surface area contributed by atoms with Crippen LogP contribution in [-0.4, -0.2) is 27.1 Å². The molecule has 2 aromatic rings. The second-order valence-electron chi connectivity index (χ2n) is 12.5. The Morgan fingerprint density at radius 2 is 1.39 bits per heavy atom. The number of hydrogen-bond acceptors (Lipinski definition) is 3. The van der Waals surface area contributed by atoms with E-state index >= 15 is 0 Å². The van der Waals surface area contributed by atoms with Crippen molar-refractivity contribution >= 4 is 36.8 Å². The van der Waals surface area contributed by atoms with Gasteiger partial charge >= 0.3 is 6.87 Å². The first-order valence-electron chi connectivity index (χ1n) is 15.9. The molecule has 1 N–H and O–H groups in total. The summed E-state index contributed by atoms with van der Waals surface area (Å²) in [5.41, 5.74) is 0. The predicted molar refractivity (Wildman–Crippen MR) is 179 cm³/mol. The molecule has 1 fully saturated rings. The summed E-state index contributed by atoms with van der Waals surface area (Å²) in [7, 11) is -2.81. The Morgan fingerprint density at radius 1 is 0.902 bits per heavy atom. The Labute approximate surface area is 256 Å². The van der Waals surface area contributed by atoms with Crippen molar-refractivity contribution in [2.24, 2.45) is 0 Å². The molecule has 1 heterocycles. The molecule has 1 unspecified atom stereocenters. The van der Waals surface area contributed by atoms with Gasteiger partial charge in [-0.25, -0.2) is 5.09 Å². The SMILES string of the molecule is CCCCCCCCCCCCCC=C[C@@H](O[Si](c1ccccc1)(c1ccccc1)C(C)(C)C)[C@@H]1COP(=O)(Cl)N1. The standard InChI is InChI=1S/C34H53ClNO3PSi/c1-5-6-7-8-9-10-11-12-13-14-15-16-23-28-33(32-29-38-40(35,37)36-32)39-41(34(2,3)4,30-24-19-17-20-25-30)31-26-21-18-22-27-31/h17-28,32-33H,5-16,29H2,1-4H3,(H,36,37)/t32-,33+,40?/m0/s1. The van der Waals surface area contributed by atoms with Crippen LogP contribution in [0, 0.1) is 0 Å². The first-order chi connectivity index (χ1) is 19.7. The van der Waals surface area contributed by atoms with E-state index in [1.165, 1.54) is 81.0 Å². The highest BCUT2D eigenvalue weighted by Crippen LogP contribution is 2.53. The minimum Gasteiger partial charge on any atom is -0.399 e. The zero-order valence-corrected chi connectivity index (χ0v) is 28.5. The Kier molecular flexibility index (Phi) is 14.4. The van der Waals surface area contributed by atoms with Crippen LogP contribution in [-0.2, 0) is 13.5 Å². The molecule has 3 rings (SSSR count). The molecule has 0 radical (unpaired) electrons. The van der Waals surface area contributed by atoms with E-state index in [0.29, 0.717) is 0 Å². The summed E-state index contributed by atoms with van der Waals surface area (Å²) in [5.74, 6) is 0. The molecule has 1 aliphatic rings. The van der Waals surface area contributed by atoms with Gasteiger partial charge < -0.3 is 8.95 Å². The van der Waals surface area contributed by atoms with E-state index < -0.39 is 15.2 Å². The van der Waals surface area contributed by atoms with Crippen molar-refractivity contribution in [1.29, 1.82) is 0 Å². The molecule has 1 saturated heterocycles. The molecule has 41 heavy (non-hydrogen) atoms. The summed E-state index contributed by atoms with van der Waals surface area (Å²) < 4.78 is 25.4. The number of nitrogens with one attached hydrogen (secondary N) is 1. The van der Waals surface area contributed by atoms with Gasteiger partial charge in [-0.1, -0.05) is 165 Å². The Morgan fingerprint density at radius 3 is 1.83 bits per heavy atom. The third-order valence-electron chi connectivity index (χ3n) is 8.17. The summed E-state index contributed by atoms with van der Waals surface area (Å²) >= 11 is 6.14. The van der Waals surface area contributed by atoms with Gasteiger partial charge in [-0.15, -0.1) is 0 Å². The fourth-order valence-corrected chi connectivity index (χ4v) is 12.2. The highest BCUT2D eigenvalue weighted by atomic mass is 35.7. The summed E-state index contributed by atoms with van der Waals surface area (Å²) in [6, 6.07) is 21.0. The quantitative estimate of drug-likeness (QED) is 0.0783. The molecule has 1 aliphatic heterocycles. The molecule has 0 saturated carbocycles. The lowest BCUT2D eigenvalue weighted by Crippen LogP contribution is -2.68. The largest absolute Gasteiger partial charge is 0.399 e. The van der Waals surface area contributed by atoms with Gasteiger partial charge in [0.2, 0.25) is 0 Å². The van der Waals surface area contributed by atoms with Crippen LogP contribution in [0.15, 0.2) is 72.8 Å². The second-order valence-corrected chi connectivity index (χ2v) is 19.6. The monoisotopic (exact) mass is 617 g/mol. The lowest BCUT2D eigenvalue weighted by Gasteiger charge is -2.45. The van der Waals surface area contributed by atoms with E-state index in [1.54, 1.807) is 0 Å². The van der Waals surface area contributed by atoms with Crippen LogP contribution in [0.25, 0.3) is 0 Å². The zero-order valence-electron chi connectivity index (χ0n) is 25.8. The zero-order chi connectivity index (χ0) is 29.6. The molecule has 228 valence electrons. The van der Waals surface area contributed by atoms with Gasteiger partial charge in [-0.2, -0.15) is 0 Å². The first-order valence-corrected chi connectivity index (χ1v) is 20.3. The van der Waals surface area contributed by atoms with Gasteiger partial charge in [0.15, 0.2) is 0 Å². The Bertz CT molecular complexity index is 1040. The molecule has 0 bridgehead atoms. The average molecular weight is 618 g/mol. The van der Waals surface area contributed by atoms with E-state index in [2.05, 4.69) is 106 Å². The summed E-state index contributed by atoms with van der Waals surface area (Å²) in [4.78, 5) is 0. The second kappa shape index (κ2) is 17.2. The van der Waals surface area contributed by atoms with Crippen molar-refractivity contribution in [2.75, 3.05) is 6.61 Å². The van der Waals surface area contributed by atoms with Crippen LogP contribution in [0.3, 0.4) is 0 Å². The summed E-state index contributed by atoms with van der Waals surface area (Å²) in [6.07, 6.45) is 19.8. The van der Waals surface area contributed by atoms with Gasteiger partial charge in [0.1, 0.15) is 0 Å². The topological polar surface area (TPSA) is 47.6 Å². The lowest BCUT2D eigenvalue weighted by molar-refractivity contribution is 0.179. The minimum atomic E-state index is -3.35. The van der Waals surface area contributed by atoms with Crippen molar-refractivity contribution < 1.29 is 13.5 Å².